The van der Waals surface area contributed by atoms with Gasteiger partial charge in [-0.2, -0.15) is 0 Å². The maximum Gasteiger partial charge on any atom is 0.305 e. The largest absolute Gasteiger partial charge is 0.481 e. The Morgan fingerprint density at radius 2 is 1.55 bits per heavy atom. The zero-order chi connectivity index (χ0) is 14.4. The molecule has 0 amide bonds. The molecule has 0 spiro atoms. The number of aliphatic hydroxyl groups is 1. The van der Waals surface area contributed by atoms with Crippen molar-refractivity contribution in [3.63, 3.8) is 0 Å². The van der Waals surface area contributed by atoms with Crippen molar-refractivity contribution in [2.24, 2.45) is 0 Å². The first-order chi connectivity index (χ1) is 9.65. The Hall–Kier alpha value is -2.13. The fourth-order valence-electron chi connectivity index (χ4n) is 2.13. The van der Waals surface area contributed by atoms with Gasteiger partial charge in [-0.3, -0.25) is 4.79 Å². The van der Waals surface area contributed by atoms with Crippen LogP contribution in [0.1, 0.15) is 18.4 Å². The maximum absolute atomic E-state index is 10.5. The Bertz CT molecular complexity index is 546. The maximum atomic E-state index is 10.5. The van der Waals surface area contributed by atoms with Crippen molar-refractivity contribution in [1.29, 1.82) is 0 Å². The first kappa shape index (κ1) is 14.3. The molecule has 20 heavy (non-hydrogen) atoms. The quantitative estimate of drug-likeness (QED) is 0.848. The number of benzene rings is 2. The smallest absolute Gasteiger partial charge is 0.305 e. The van der Waals surface area contributed by atoms with E-state index >= 15 is 0 Å². The van der Waals surface area contributed by atoms with Crippen molar-refractivity contribution in [3.05, 3.63) is 60.2 Å². The Balaban J connectivity index is 1.94. The zero-order valence-electron chi connectivity index (χ0n) is 11.2. The third kappa shape index (κ3) is 4.21. The second-order valence-electron chi connectivity index (χ2n) is 4.85. The van der Waals surface area contributed by atoms with Crippen LogP contribution in [0.25, 0.3) is 11.1 Å². The standard InChI is InChI=1S/C17H18O3/c18-16(12-17(19)20)11-8-13-6-9-15(10-7-13)14-4-2-1-3-5-14/h1-7,9-10,16,18H,8,11-12H2,(H,19,20). The molecule has 0 aliphatic heterocycles. The van der Waals surface area contributed by atoms with Gasteiger partial charge in [0.1, 0.15) is 0 Å². The molecule has 2 aromatic carbocycles. The van der Waals surface area contributed by atoms with Crippen LogP contribution in [0.2, 0.25) is 0 Å². The van der Waals surface area contributed by atoms with E-state index in [4.69, 9.17) is 5.11 Å². The molecule has 0 radical (unpaired) electrons. The van der Waals surface area contributed by atoms with E-state index in [2.05, 4.69) is 12.1 Å². The lowest BCUT2D eigenvalue weighted by Gasteiger charge is -2.08. The Morgan fingerprint density at radius 3 is 2.15 bits per heavy atom. The molecule has 104 valence electrons. The lowest BCUT2D eigenvalue weighted by Crippen LogP contribution is -2.13. The van der Waals surface area contributed by atoms with Crippen molar-refractivity contribution in [1.82, 2.24) is 0 Å². The third-order valence-corrected chi connectivity index (χ3v) is 3.24. The zero-order valence-corrected chi connectivity index (χ0v) is 11.2. The lowest BCUT2D eigenvalue weighted by atomic mass is 10.0. The summed E-state index contributed by atoms with van der Waals surface area (Å²) in [6.07, 6.45) is 0.184. The van der Waals surface area contributed by atoms with Gasteiger partial charge in [0.2, 0.25) is 0 Å². The van der Waals surface area contributed by atoms with Crippen LogP contribution >= 0.6 is 0 Å². The number of hydrogen-bond donors (Lipinski definition) is 2. The SMILES string of the molecule is O=C(O)CC(O)CCc1ccc(-c2ccccc2)cc1. The second-order valence-corrected chi connectivity index (χ2v) is 4.85. The number of carbonyl (C=O) groups is 1. The van der Waals surface area contributed by atoms with E-state index < -0.39 is 12.1 Å². The highest BCUT2D eigenvalue weighted by atomic mass is 16.4. The Morgan fingerprint density at radius 1 is 0.950 bits per heavy atom. The molecule has 0 fully saturated rings. The van der Waals surface area contributed by atoms with Crippen LogP contribution in [-0.2, 0) is 11.2 Å². The van der Waals surface area contributed by atoms with E-state index in [1.807, 2.05) is 42.5 Å². The average Bonchev–Trinajstić information content (AvgIpc) is 2.46. The van der Waals surface area contributed by atoms with Crippen molar-refractivity contribution in [2.45, 2.75) is 25.4 Å². The molecule has 0 aromatic heterocycles. The molecule has 2 aromatic rings. The summed E-state index contributed by atoms with van der Waals surface area (Å²) in [4.78, 5) is 10.5. The molecule has 0 bridgehead atoms. The van der Waals surface area contributed by atoms with Gasteiger partial charge in [-0.15, -0.1) is 0 Å². The molecule has 2 N–H and O–H groups in total. The van der Waals surface area contributed by atoms with Crippen LogP contribution in [0.4, 0.5) is 0 Å². The molecule has 1 atom stereocenters. The van der Waals surface area contributed by atoms with Gasteiger partial charge in [0, 0.05) is 0 Å². The summed E-state index contributed by atoms with van der Waals surface area (Å²) in [5.41, 5.74) is 3.43. The molecular formula is C17H18O3. The van der Waals surface area contributed by atoms with Gasteiger partial charge in [-0.05, 0) is 29.5 Å². The molecule has 0 saturated heterocycles. The fraction of sp³-hybridized carbons (Fsp3) is 0.235. The Kier molecular flexibility index (Phi) is 4.91. The second kappa shape index (κ2) is 6.87. The highest BCUT2D eigenvalue weighted by Crippen LogP contribution is 2.20. The summed E-state index contributed by atoms with van der Waals surface area (Å²) >= 11 is 0. The van der Waals surface area contributed by atoms with Gasteiger partial charge >= 0.3 is 5.97 Å². The van der Waals surface area contributed by atoms with Gasteiger partial charge < -0.3 is 10.2 Å². The van der Waals surface area contributed by atoms with Gasteiger partial charge in [0.15, 0.2) is 0 Å². The highest BCUT2D eigenvalue weighted by molar-refractivity contribution is 5.67. The number of aliphatic carboxylic acids is 1. The monoisotopic (exact) mass is 270 g/mol. The van der Waals surface area contributed by atoms with Crippen LogP contribution in [-0.4, -0.2) is 22.3 Å². The van der Waals surface area contributed by atoms with Crippen LogP contribution in [0.15, 0.2) is 54.6 Å². The summed E-state index contributed by atoms with van der Waals surface area (Å²) < 4.78 is 0. The molecule has 1 unspecified atom stereocenters. The van der Waals surface area contributed by atoms with E-state index in [1.165, 1.54) is 5.56 Å². The minimum absolute atomic E-state index is 0.192. The summed E-state index contributed by atoms with van der Waals surface area (Å²) in [6, 6.07) is 18.3. The number of rotatable bonds is 6. The molecule has 0 saturated carbocycles. The number of hydrogen-bond acceptors (Lipinski definition) is 2. The van der Waals surface area contributed by atoms with E-state index in [0.29, 0.717) is 12.8 Å². The number of carboxylic acid groups (broad SMARTS) is 1. The summed E-state index contributed by atoms with van der Waals surface area (Å²) in [7, 11) is 0. The van der Waals surface area contributed by atoms with Gasteiger partial charge in [0.05, 0.1) is 12.5 Å². The molecule has 0 aliphatic rings. The number of aliphatic hydroxyl groups excluding tert-OH is 1. The van der Waals surface area contributed by atoms with Crippen LogP contribution in [0, 0.1) is 0 Å². The summed E-state index contributed by atoms with van der Waals surface area (Å²) in [6.45, 7) is 0. The molecular weight excluding hydrogens is 252 g/mol. The molecule has 3 nitrogen and oxygen atoms in total. The lowest BCUT2D eigenvalue weighted by molar-refractivity contribution is -0.139. The Labute approximate surface area is 118 Å². The molecule has 2 rings (SSSR count). The predicted octanol–water partition coefficient (Wildman–Crippen LogP) is 3.12. The van der Waals surface area contributed by atoms with E-state index in [-0.39, 0.29) is 6.42 Å². The first-order valence-electron chi connectivity index (χ1n) is 6.69. The number of carboxylic acids is 1. The number of aryl methyl sites for hydroxylation is 1. The van der Waals surface area contributed by atoms with Crippen LogP contribution in [0.3, 0.4) is 0 Å². The van der Waals surface area contributed by atoms with Crippen LogP contribution < -0.4 is 0 Å². The van der Waals surface area contributed by atoms with E-state index in [0.717, 1.165) is 11.1 Å². The minimum atomic E-state index is -0.961. The summed E-state index contributed by atoms with van der Waals surface area (Å²) in [5, 5.41) is 18.1. The first-order valence-corrected chi connectivity index (χ1v) is 6.69. The minimum Gasteiger partial charge on any atom is -0.481 e. The third-order valence-electron chi connectivity index (χ3n) is 3.24. The molecule has 0 heterocycles. The summed E-state index contributed by atoms with van der Waals surface area (Å²) in [5.74, 6) is -0.961. The normalized spacial score (nSPS) is 12.1. The van der Waals surface area contributed by atoms with Crippen LogP contribution in [0.5, 0.6) is 0 Å². The molecule has 0 aliphatic carbocycles. The predicted molar refractivity (Wildman–Crippen MR) is 78.5 cm³/mol. The molecule has 3 heteroatoms. The highest BCUT2D eigenvalue weighted by Gasteiger charge is 2.09. The van der Waals surface area contributed by atoms with Gasteiger partial charge in [0.25, 0.3) is 0 Å². The van der Waals surface area contributed by atoms with Crippen molar-refractivity contribution >= 4 is 5.97 Å². The van der Waals surface area contributed by atoms with Crippen molar-refractivity contribution in [3.8, 4) is 11.1 Å². The van der Waals surface area contributed by atoms with Crippen molar-refractivity contribution < 1.29 is 15.0 Å². The average molecular weight is 270 g/mol. The van der Waals surface area contributed by atoms with E-state index in [1.54, 1.807) is 0 Å². The van der Waals surface area contributed by atoms with Gasteiger partial charge in [-0.25, -0.2) is 0 Å². The fourth-order valence-corrected chi connectivity index (χ4v) is 2.13. The van der Waals surface area contributed by atoms with E-state index in [9.17, 15) is 9.90 Å². The van der Waals surface area contributed by atoms with Crippen molar-refractivity contribution in [2.75, 3.05) is 0 Å². The topological polar surface area (TPSA) is 57.5 Å². The van der Waals surface area contributed by atoms with Gasteiger partial charge in [-0.1, -0.05) is 54.6 Å².